The van der Waals surface area contributed by atoms with Crippen LogP contribution in [0.4, 0.5) is 0 Å². The number of hydrogen-bond acceptors (Lipinski definition) is 12. The van der Waals surface area contributed by atoms with Crippen LogP contribution in [-0.4, -0.2) is 86.5 Å². The van der Waals surface area contributed by atoms with E-state index in [4.69, 9.17) is 33.2 Å². The van der Waals surface area contributed by atoms with Crippen LogP contribution in [0.15, 0.2) is 36.4 Å². The van der Waals surface area contributed by atoms with E-state index in [0.29, 0.717) is 24.7 Å². The van der Waals surface area contributed by atoms with Crippen LogP contribution >= 0.6 is 0 Å². The van der Waals surface area contributed by atoms with Crippen molar-refractivity contribution in [2.24, 2.45) is 11.8 Å². The monoisotopic (exact) mass is 570 g/mol. The Morgan fingerprint density at radius 3 is 1.77 bits per heavy atom. The average molecular weight is 571 g/mol. The van der Waals surface area contributed by atoms with Gasteiger partial charge in [-0.25, -0.2) is 0 Å². The molecule has 0 bridgehead atoms. The number of fused-ring (bicyclic) bond motifs is 1. The van der Waals surface area contributed by atoms with Crippen LogP contribution < -0.4 is 53.6 Å². The summed E-state index contributed by atoms with van der Waals surface area (Å²) in [6.45, 7) is 0.913. The van der Waals surface area contributed by atoms with Gasteiger partial charge in [0, 0.05) is 11.8 Å². The summed E-state index contributed by atoms with van der Waals surface area (Å²) in [6, 6.07) is 10.8. The molecule has 2 aromatic rings. The van der Waals surface area contributed by atoms with Gasteiger partial charge >= 0.3 is 29.6 Å². The number of carbonyl (C=O) groups excluding carboxylic acids is 1. The first-order chi connectivity index (χ1) is 18.8. The Hall–Kier alpha value is -2.13. The Morgan fingerprint density at radius 1 is 0.775 bits per heavy atom. The minimum absolute atomic E-state index is 0. The first-order valence-electron chi connectivity index (χ1n) is 12.5. The van der Waals surface area contributed by atoms with Gasteiger partial charge in [-0.1, -0.05) is 12.1 Å². The Kier molecular flexibility index (Phi) is 9.87. The Morgan fingerprint density at radius 2 is 1.27 bits per heavy atom. The molecule has 0 saturated carbocycles. The van der Waals surface area contributed by atoms with E-state index in [0.717, 1.165) is 11.1 Å². The van der Waals surface area contributed by atoms with E-state index in [1.54, 1.807) is 26.4 Å². The van der Waals surface area contributed by atoms with E-state index in [1.165, 1.54) is 7.11 Å². The molecule has 0 radical (unpaired) electrons. The van der Waals surface area contributed by atoms with Gasteiger partial charge in [0.05, 0.1) is 52.7 Å². The molecule has 3 fully saturated rings. The van der Waals surface area contributed by atoms with Crippen LogP contribution in [0.25, 0.3) is 0 Å². The number of carboxylic acids is 1. The molecule has 0 spiro atoms. The predicted molar refractivity (Wildman–Crippen MR) is 129 cm³/mol. The van der Waals surface area contributed by atoms with Gasteiger partial charge in [0.25, 0.3) is 0 Å². The molecular weight excluding hydrogens is 539 g/mol. The van der Waals surface area contributed by atoms with Crippen molar-refractivity contribution in [3.63, 3.8) is 0 Å². The van der Waals surface area contributed by atoms with Crippen molar-refractivity contribution in [2.45, 2.75) is 42.9 Å². The molecule has 2 aromatic carbocycles. The maximum atomic E-state index is 11.4. The molecule has 9 atom stereocenters. The molecule has 3 saturated heterocycles. The number of ether oxygens (including phenoxy) is 7. The number of benzene rings is 2. The summed E-state index contributed by atoms with van der Waals surface area (Å²) in [6.07, 6.45) is -9.50. The molecule has 40 heavy (non-hydrogen) atoms. The second kappa shape index (κ2) is 12.8. The Labute approximate surface area is 252 Å². The fraction of sp³-hybridized carbons (Fsp3) is 0.519. The fourth-order valence-electron chi connectivity index (χ4n) is 5.49. The number of aliphatic hydroxyl groups excluding tert-OH is 3. The normalized spacial score (nSPS) is 33.0. The number of hydrogen-bond donors (Lipinski definition) is 3. The number of carboxylic acid groups (broad SMARTS) is 1. The molecule has 13 heteroatoms. The molecule has 3 heterocycles. The molecule has 0 amide bonds. The molecular formula is C27H31NaO12. The summed E-state index contributed by atoms with van der Waals surface area (Å²) in [5.74, 6) is -0.00717. The minimum Gasteiger partial charge on any atom is -0.547 e. The summed E-state index contributed by atoms with van der Waals surface area (Å²) in [7, 11) is 4.58. The van der Waals surface area contributed by atoms with Gasteiger partial charge in [-0.05, 0) is 35.4 Å². The molecule has 3 aliphatic rings. The van der Waals surface area contributed by atoms with E-state index >= 15 is 0 Å². The van der Waals surface area contributed by atoms with Crippen LogP contribution in [0, 0.1) is 11.8 Å². The minimum atomic E-state index is -1.90. The third-order valence-electron chi connectivity index (χ3n) is 7.56. The van der Waals surface area contributed by atoms with E-state index in [-0.39, 0.29) is 65.1 Å². The fourth-order valence-corrected chi connectivity index (χ4v) is 5.49. The van der Waals surface area contributed by atoms with Crippen LogP contribution in [0.5, 0.6) is 23.0 Å². The van der Waals surface area contributed by atoms with Crippen LogP contribution in [-0.2, 0) is 19.0 Å². The molecule has 12 nitrogen and oxygen atoms in total. The van der Waals surface area contributed by atoms with Crippen molar-refractivity contribution >= 4 is 5.97 Å². The molecule has 212 valence electrons. The number of methoxy groups -OCH3 is 3. The first-order valence-corrected chi connectivity index (χ1v) is 12.5. The van der Waals surface area contributed by atoms with Crippen molar-refractivity contribution in [2.75, 3.05) is 34.5 Å². The van der Waals surface area contributed by atoms with Crippen molar-refractivity contribution in [3.05, 3.63) is 47.5 Å². The summed E-state index contributed by atoms with van der Waals surface area (Å²) in [5, 5.41) is 41.8. The Bertz CT molecular complexity index is 1190. The van der Waals surface area contributed by atoms with Crippen molar-refractivity contribution < 1.29 is 87.9 Å². The topological polar surface area (TPSA) is 165 Å². The molecule has 3 aliphatic heterocycles. The largest absolute Gasteiger partial charge is 1.00 e. The quantitative estimate of drug-likeness (QED) is 0.272. The van der Waals surface area contributed by atoms with Gasteiger partial charge in [0.2, 0.25) is 6.29 Å². The van der Waals surface area contributed by atoms with E-state index < -0.39 is 36.7 Å². The molecule has 0 aliphatic carbocycles. The summed E-state index contributed by atoms with van der Waals surface area (Å²) >= 11 is 0. The van der Waals surface area contributed by atoms with Crippen molar-refractivity contribution in [1.82, 2.24) is 0 Å². The molecule has 5 rings (SSSR count). The van der Waals surface area contributed by atoms with Crippen molar-refractivity contribution in [3.8, 4) is 23.0 Å². The van der Waals surface area contributed by atoms with Crippen LogP contribution in [0.1, 0.15) is 23.3 Å². The van der Waals surface area contributed by atoms with Gasteiger partial charge in [-0.3, -0.25) is 0 Å². The summed E-state index contributed by atoms with van der Waals surface area (Å²) < 4.78 is 39.5. The maximum Gasteiger partial charge on any atom is 1.00 e. The van der Waals surface area contributed by atoms with E-state index in [9.17, 15) is 25.2 Å². The maximum absolute atomic E-state index is 11.4. The first kappa shape index (κ1) is 30.8. The number of rotatable bonds is 8. The molecule has 0 aromatic heterocycles. The zero-order valence-corrected chi connectivity index (χ0v) is 24.6. The summed E-state index contributed by atoms with van der Waals surface area (Å²) in [4.78, 5) is 11.4. The SMILES string of the molecule is COc1ccc([C@H]2OCC3C2CO[C@H]3c2ccc(OC)c(OC3O[C@@H](C(=O)[O-])[C@H](O)[C@@H](O)[C@@H]3O)c2)cc1OC.[Na+]. The zero-order valence-electron chi connectivity index (χ0n) is 22.6. The van der Waals surface area contributed by atoms with Gasteiger partial charge in [0.15, 0.2) is 23.0 Å². The van der Waals surface area contributed by atoms with Gasteiger partial charge in [-0.15, -0.1) is 0 Å². The standard InChI is InChI=1S/C27H32O12.Na/c1-33-16-6-4-12(8-18(16)35-3)23-14-10-37-24(15(14)11-36-23)13-5-7-17(34-2)19(9-13)38-27-22(30)20(28)21(29)25(39-27)26(31)32;/h4-9,14-15,20-25,27-30H,10-11H2,1-3H3,(H,31,32);/q;+1/p-1/t14?,15?,20-,21-,22+,23-,24+,25-,27?;/m1./s1. The summed E-state index contributed by atoms with van der Waals surface area (Å²) in [5.41, 5.74) is 1.70. The van der Waals surface area contributed by atoms with Gasteiger partial charge in [-0.2, -0.15) is 0 Å². The number of aliphatic carboxylic acids is 1. The van der Waals surface area contributed by atoms with Crippen molar-refractivity contribution in [1.29, 1.82) is 0 Å². The third-order valence-corrected chi connectivity index (χ3v) is 7.56. The van der Waals surface area contributed by atoms with Gasteiger partial charge < -0.3 is 58.4 Å². The predicted octanol–water partition coefficient (Wildman–Crippen LogP) is -3.27. The zero-order chi connectivity index (χ0) is 27.8. The average Bonchev–Trinajstić information content (AvgIpc) is 3.55. The molecule has 3 N–H and O–H groups in total. The smallest absolute Gasteiger partial charge is 0.547 e. The second-order valence-corrected chi connectivity index (χ2v) is 9.69. The van der Waals surface area contributed by atoms with Gasteiger partial charge in [0.1, 0.15) is 24.4 Å². The van der Waals surface area contributed by atoms with Crippen LogP contribution in [0.3, 0.4) is 0 Å². The number of aliphatic hydroxyl groups is 3. The van der Waals surface area contributed by atoms with E-state index in [1.807, 2.05) is 24.3 Å². The Balaban J connectivity index is 0.00000370. The third kappa shape index (κ3) is 5.65. The van der Waals surface area contributed by atoms with E-state index in [2.05, 4.69) is 0 Å². The second-order valence-electron chi connectivity index (χ2n) is 9.69. The van der Waals surface area contributed by atoms with Crippen LogP contribution in [0.2, 0.25) is 0 Å². The molecule has 3 unspecified atom stereocenters. The number of carbonyl (C=O) groups is 1.